The van der Waals surface area contributed by atoms with Gasteiger partial charge in [0.2, 0.25) is 0 Å². The molecule has 0 bridgehead atoms. The smallest absolute Gasteiger partial charge is 0.145 e. The molecule has 0 nitrogen and oxygen atoms in total. The molecule has 2 aromatic heterocycles. The predicted molar refractivity (Wildman–Crippen MR) is 91.1 cm³/mol. The Morgan fingerprint density at radius 2 is 1.89 bits per heavy atom. The molecule has 94 valence electrons. The Bertz CT molecular complexity index is 669. The second-order valence-electron chi connectivity index (χ2n) is 4.67. The molecule has 0 N–H and O–H groups in total. The van der Waals surface area contributed by atoms with Gasteiger partial charge < -0.3 is 0 Å². The molecule has 3 heteroatoms. The molecule has 3 heterocycles. The molecule has 1 aliphatic heterocycles. The zero-order valence-electron chi connectivity index (χ0n) is 11.1. The van der Waals surface area contributed by atoms with Crippen molar-refractivity contribution in [2.75, 3.05) is 0 Å². The second kappa shape index (κ2) is 5.36. The van der Waals surface area contributed by atoms with Crippen LogP contribution >= 0.6 is 22.7 Å². The maximum atomic E-state index is 2.27. The van der Waals surface area contributed by atoms with Crippen molar-refractivity contribution in [1.82, 2.24) is 0 Å². The van der Waals surface area contributed by atoms with Gasteiger partial charge >= 0.3 is 0 Å². The Labute approximate surface area is 123 Å². The largest absolute Gasteiger partial charge is 0.195 e. The third-order valence-electron chi connectivity index (χ3n) is 3.45. The molecule has 0 aromatic carbocycles. The van der Waals surface area contributed by atoms with Crippen molar-refractivity contribution in [1.29, 1.82) is 0 Å². The van der Waals surface area contributed by atoms with E-state index in [1.807, 2.05) is 22.7 Å². The average molecular weight is 282 g/mol. The molecule has 0 radical (unpaired) electrons. The fraction of sp³-hybridized carbons (Fsp3) is 0.125. The Morgan fingerprint density at radius 3 is 2.58 bits per heavy atom. The van der Waals surface area contributed by atoms with Gasteiger partial charge in [-0.2, -0.15) is 0 Å². The molecule has 0 atom stereocenters. The van der Waals surface area contributed by atoms with E-state index in [4.69, 9.17) is 0 Å². The third kappa shape index (κ3) is 2.53. The monoisotopic (exact) mass is 282 g/mol. The van der Waals surface area contributed by atoms with Crippen molar-refractivity contribution in [2.24, 2.45) is 0 Å². The summed E-state index contributed by atoms with van der Waals surface area (Å²) in [5.74, 6) is 0. The van der Waals surface area contributed by atoms with E-state index in [1.165, 1.54) is 31.1 Å². The summed E-state index contributed by atoms with van der Waals surface area (Å²) in [4.78, 5) is 4.18. The lowest BCUT2D eigenvalue weighted by molar-refractivity contribution is 1.64. The standard InChI is InChI=1S/C16H15BS2/c1-3-11(2)14-8-9-16(19-14)13-7-6-12(17-13)15-5-4-10-18-15/h3-10,17H,1-2H3/b11-3+. The quantitative estimate of drug-likeness (QED) is 0.690. The van der Waals surface area contributed by atoms with Crippen LogP contribution in [0.5, 0.6) is 0 Å². The fourth-order valence-electron chi connectivity index (χ4n) is 2.19. The molecule has 0 unspecified atom stereocenters. The molecule has 19 heavy (non-hydrogen) atoms. The van der Waals surface area contributed by atoms with Crippen LogP contribution in [0.3, 0.4) is 0 Å². The van der Waals surface area contributed by atoms with Crippen LogP contribution in [-0.4, -0.2) is 7.28 Å². The first-order valence-corrected chi connectivity index (χ1v) is 8.14. The van der Waals surface area contributed by atoms with E-state index < -0.39 is 0 Å². The maximum absolute atomic E-state index is 2.27. The molecule has 0 amide bonds. The SMILES string of the molecule is C/C=C(\C)c1ccc(C2=CC=C(c3cccs3)B2)s1. The molecule has 0 spiro atoms. The van der Waals surface area contributed by atoms with Gasteiger partial charge in [0.15, 0.2) is 7.28 Å². The van der Waals surface area contributed by atoms with E-state index in [1.54, 1.807) is 0 Å². The Balaban J connectivity index is 1.78. The number of thiophene rings is 2. The third-order valence-corrected chi connectivity index (χ3v) is 5.69. The first-order chi connectivity index (χ1) is 9.28. The molecular weight excluding hydrogens is 267 g/mol. The van der Waals surface area contributed by atoms with Crippen molar-refractivity contribution < 1.29 is 0 Å². The summed E-state index contributed by atoms with van der Waals surface area (Å²) in [5.41, 5.74) is 4.26. The van der Waals surface area contributed by atoms with E-state index in [0.717, 1.165) is 7.28 Å². The normalized spacial score (nSPS) is 15.2. The van der Waals surface area contributed by atoms with E-state index in [9.17, 15) is 0 Å². The van der Waals surface area contributed by atoms with Gasteiger partial charge in [0.1, 0.15) is 0 Å². The molecule has 0 saturated heterocycles. The summed E-state index contributed by atoms with van der Waals surface area (Å²) < 4.78 is 0. The van der Waals surface area contributed by atoms with Crippen LogP contribution in [0.2, 0.25) is 0 Å². The zero-order valence-corrected chi connectivity index (χ0v) is 12.8. The van der Waals surface area contributed by atoms with Crippen molar-refractivity contribution in [3.05, 3.63) is 62.5 Å². The summed E-state index contributed by atoms with van der Waals surface area (Å²) in [6.45, 7) is 4.27. The van der Waals surface area contributed by atoms with Crippen molar-refractivity contribution in [2.45, 2.75) is 13.8 Å². The summed E-state index contributed by atoms with van der Waals surface area (Å²) in [6.07, 6.45) is 6.71. The molecule has 0 saturated carbocycles. The van der Waals surface area contributed by atoms with Crippen LogP contribution in [0.25, 0.3) is 16.5 Å². The zero-order chi connectivity index (χ0) is 13.2. The summed E-state index contributed by atoms with van der Waals surface area (Å²) in [6, 6.07) is 8.82. The summed E-state index contributed by atoms with van der Waals surface area (Å²) >= 11 is 3.72. The molecule has 2 aromatic rings. The van der Waals surface area contributed by atoms with Gasteiger partial charge in [-0.1, -0.05) is 35.2 Å². The van der Waals surface area contributed by atoms with Gasteiger partial charge in [0, 0.05) is 14.6 Å². The van der Waals surface area contributed by atoms with Gasteiger partial charge in [-0.25, -0.2) is 0 Å². The van der Waals surface area contributed by atoms with Gasteiger partial charge in [0.05, 0.1) is 0 Å². The molecule has 0 aliphatic carbocycles. The van der Waals surface area contributed by atoms with Crippen LogP contribution in [0.4, 0.5) is 0 Å². The molecular formula is C16H15BS2. The van der Waals surface area contributed by atoms with Crippen LogP contribution in [0.1, 0.15) is 28.5 Å². The first-order valence-electron chi connectivity index (χ1n) is 6.45. The van der Waals surface area contributed by atoms with E-state index >= 15 is 0 Å². The Morgan fingerprint density at radius 1 is 1.11 bits per heavy atom. The predicted octanol–water partition coefficient (Wildman–Crippen LogP) is 5.06. The van der Waals surface area contributed by atoms with Crippen molar-refractivity contribution >= 4 is 46.5 Å². The van der Waals surface area contributed by atoms with E-state index in [-0.39, 0.29) is 0 Å². The molecule has 0 fully saturated rings. The van der Waals surface area contributed by atoms with E-state index in [2.05, 4.69) is 61.7 Å². The Hall–Kier alpha value is -1.32. The van der Waals surface area contributed by atoms with Crippen molar-refractivity contribution in [3.8, 4) is 0 Å². The number of allylic oxidation sites excluding steroid dienone is 4. The summed E-state index contributed by atoms with van der Waals surface area (Å²) in [5, 5.41) is 2.15. The average Bonchev–Trinajstić information content (AvgIpc) is 3.14. The highest BCUT2D eigenvalue weighted by molar-refractivity contribution is 7.16. The lowest BCUT2D eigenvalue weighted by Crippen LogP contribution is -1.92. The molecule has 3 rings (SSSR count). The van der Waals surface area contributed by atoms with Gasteiger partial charge in [-0.05, 0) is 43.0 Å². The fourth-order valence-corrected chi connectivity index (χ4v) is 4.00. The highest BCUT2D eigenvalue weighted by Gasteiger charge is 2.16. The minimum Gasteiger partial charge on any atom is -0.145 e. The number of hydrogen-bond acceptors (Lipinski definition) is 2. The first kappa shape index (κ1) is 12.7. The van der Waals surface area contributed by atoms with Crippen LogP contribution < -0.4 is 0 Å². The van der Waals surface area contributed by atoms with Gasteiger partial charge in [0.25, 0.3) is 0 Å². The minimum atomic E-state index is 1.06. The van der Waals surface area contributed by atoms with Gasteiger partial charge in [-0.3, -0.25) is 0 Å². The Kier molecular flexibility index (Phi) is 3.58. The van der Waals surface area contributed by atoms with Gasteiger partial charge in [-0.15, -0.1) is 22.7 Å². The minimum absolute atomic E-state index is 1.06. The number of rotatable bonds is 3. The number of hydrogen-bond donors (Lipinski definition) is 0. The lowest BCUT2D eigenvalue weighted by atomic mass is 9.65. The molecule has 1 aliphatic rings. The highest BCUT2D eigenvalue weighted by Crippen LogP contribution is 2.34. The van der Waals surface area contributed by atoms with E-state index in [0.29, 0.717) is 0 Å². The van der Waals surface area contributed by atoms with Crippen molar-refractivity contribution in [3.63, 3.8) is 0 Å². The van der Waals surface area contributed by atoms with Crippen LogP contribution in [-0.2, 0) is 0 Å². The topological polar surface area (TPSA) is 0 Å². The van der Waals surface area contributed by atoms with Crippen LogP contribution in [0.15, 0.2) is 47.9 Å². The summed E-state index contributed by atoms with van der Waals surface area (Å²) in [7, 11) is 1.06. The maximum Gasteiger partial charge on any atom is 0.195 e. The highest BCUT2D eigenvalue weighted by atomic mass is 32.1. The van der Waals surface area contributed by atoms with Crippen LogP contribution in [0, 0.1) is 0 Å². The lowest BCUT2D eigenvalue weighted by Gasteiger charge is -1.99. The second-order valence-corrected chi connectivity index (χ2v) is 6.70.